The van der Waals surface area contributed by atoms with Crippen molar-refractivity contribution in [2.75, 3.05) is 18.8 Å². The van der Waals surface area contributed by atoms with E-state index in [2.05, 4.69) is 60.7 Å². The van der Waals surface area contributed by atoms with E-state index in [-0.39, 0.29) is 0 Å². The molecule has 0 saturated carbocycles. The fourth-order valence-corrected chi connectivity index (χ4v) is 2.57. The van der Waals surface area contributed by atoms with Crippen molar-refractivity contribution in [3.8, 4) is 0 Å². The topological polar surface area (TPSA) is 29.3 Å². The van der Waals surface area contributed by atoms with Crippen LogP contribution < -0.4 is 5.73 Å². The molecular formula is C15H25BrN2. The van der Waals surface area contributed by atoms with Crippen LogP contribution in [0, 0.1) is 11.8 Å². The largest absolute Gasteiger partial charge is 0.398 e. The Kier molecular flexibility index (Phi) is 6.16. The van der Waals surface area contributed by atoms with E-state index < -0.39 is 0 Å². The number of anilines is 1. The molecule has 1 aromatic rings. The van der Waals surface area contributed by atoms with Gasteiger partial charge < -0.3 is 5.73 Å². The second-order valence-corrected chi connectivity index (χ2v) is 6.74. The number of nitrogens with zero attached hydrogens (tertiary/aromatic N) is 1. The fraction of sp³-hybridized carbons (Fsp3) is 0.600. The van der Waals surface area contributed by atoms with E-state index in [9.17, 15) is 0 Å². The zero-order chi connectivity index (χ0) is 13.7. The van der Waals surface area contributed by atoms with Crippen LogP contribution in [0.5, 0.6) is 0 Å². The Morgan fingerprint density at radius 3 is 2.11 bits per heavy atom. The summed E-state index contributed by atoms with van der Waals surface area (Å²) in [5.41, 5.74) is 8.17. The van der Waals surface area contributed by atoms with Crippen LogP contribution in [0.25, 0.3) is 0 Å². The second kappa shape index (κ2) is 7.15. The lowest BCUT2D eigenvalue weighted by Gasteiger charge is -2.26. The molecule has 0 aliphatic rings. The first-order valence-corrected chi connectivity index (χ1v) is 7.44. The van der Waals surface area contributed by atoms with Crippen LogP contribution in [0.4, 0.5) is 5.69 Å². The summed E-state index contributed by atoms with van der Waals surface area (Å²) < 4.78 is 1.04. The highest BCUT2D eigenvalue weighted by Gasteiger charge is 2.11. The smallest absolute Gasteiger partial charge is 0.0371 e. The third-order valence-corrected chi connectivity index (χ3v) is 3.24. The normalized spacial score (nSPS) is 11.8. The van der Waals surface area contributed by atoms with Gasteiger partial charge in [-0.25, -0.2) is 0 Å². The van der Waals surface area contributed by atoms with E-state index in [0.29, 0.717) is 11.8 Å². The maximum atomic E-state index is 6.07. The number of halogens is 1. The van der Waals surface area contributed by atoms with Crippen molar-refractivity contribution in [2.24, 2.45) is 11.8 Å². The SMILES string of the molecule is CC(C)CN(Cc1ccc(Br)cc1N)CC(C)C. The van der Waals surface area contributed by atoms with E-state index in [0.717, 1.165) is 29.8 Å². The number of nitrogens with two attached hydrogens (primary N) is 1. The molecule has 0 fully saturated rings. The van der Waals surface area contributed by atoms with Gasteiger partial charge in [0.05, 0.1) is 0 Å². The third kappa shape index (κ3) is 5.40. The van der Waals surface area contributed by atoms with Crippen LogP contribution in [0.1, 0.15) is 33.3 Å². The van der Waals surface area contributed by atoms with Gasteiger partial charge in [0.2, 0.25) is 0 Å². The Balaban J connectivity index is 2.75. The van der Waals surface area contributed by atoms with Gasteiger partial charge in [-0.15, -0.1) is 0 Å². The standard InChI is InChI=1S/C15H25BrN2/c1-11(2)8-18(9-12(3)4)10-13-5-6-14(16)7-15(13)17/h5-7,11-12H,8-10,17H2,1-4H3. The molecule has 0 saturated heterocycles. The molecule has 2 nitrogen and oxygen atoms in total. The van der Waals surface area contributed by atoms with Gasteiger partial charge in [0, 0.05) is 29.8 Å². The molecule has 1 aromatic carbocycles. The molecule has 0 aliphatic carbocycles. The third-order valence-electron chi connectivity index (χ3n) is 2.75. The number of nitrogen functional groups attached to an aromatic ring is 1. The van der Waals surface area contributed by atoms with Crippen LogP contribution in [-0.2, 0) is 6.54 Å². The van der Waals surface area contributed by atoms with Crippen molar-refractivity contribution in [3.05, 3.63) is 28.2 Å². The summed E-state index contributed by atoms with van der Waals surface area (Å²) in [5.74, 6) is 1.36. The van der Waals surface area contributed by atoms with Crippen molar-refractivity contribution in [3.63, 3.8) is 0 Å². The van der Waals surface area contributed by atoms with Crippen molar-refractivity contribution >= 4 is 21.6 Å². The molecule has 0 radical (unpaired) electrons. The highest BCUT2D eigenvalue weighted by Crippen LogP contribution is 2.20. The fourth-order valence-electron chi connectivity index (χ4n) is 2.19. The van der Waals surface area contributed by atoms with Gasteiger partial charge in [0.1, 0.15) is 0 Å². The van der Waals surface area contributed by atoms with E-state index >= 15 is 0 Å². The highest BCUT2D eigenvalue weighted by atomic mass is 79.9. The van der Waals surface area contributed by atoms with Crippen molar-refractivity contribution < 1.29 is 0 Å². The van der Waals surface area contributed by atoms with Crippen molar-refractivity contribution in [2.45, 2.75) is 34.2 Å². The second-order valence-electron chi connectivity index (χ2n) is 5.82. The first-order chi connectivity index (χ1) is 8.38. The first-order valence-electron chi connectivity index (χ1n) is 6.64. The summed E-state index contributed by atoms with van der Waals surface area (Å²) in [6.45, 7) is 12.2. The lowest BCUT2D eigenvalue weighted by atomic mass is 10.1. The van der Waals surface area contributed by atoms with E-state index in [1.54, 1.807) is 0 Å². The van der Waals surface area contributed by atoms with Gasteiger partial charge in [-0.1, -0.05) is 49.7 Å². The summed E-state index contributed by atoms with van der Waals surface area (Å²) in [7, 11) is 0. The Bertz CT molecular complexity index is 365. The lowest BCUT2D eigenvalue weighted by molar-refractivity contribution is 0.212. The van der Waals surface area contributed by atoms with Crippen LogP contribution in [-0.4, -0.2) is 18.0 Å². The predicted molar refractivity (Wildman–Crippen MR) is 83.5 cm³/mol. The average molecular weight is 313 g/mol. The molecule has 18 heavy (non-hydrogen) atoms. The number of hydrogen-bond acceptors (Lipinski definition) is 2. The summed E-state index contributed by atoms with van der Waals surface area (Å²) in [6.07, 6.45) is 0. The van der Waals surface area contributed by atoms with Crippen LogP contribution in [0.2, 0.25) is 0 Å². The van der Waals surface area contributed by atoms with Gasteiger partial charge >= 0.3 is 0 Å². The molecule has 0 heterocycles. The van der Waals surface area contributed by atoms with Crippen molar-refractivity contribution in [1.29, 1.82) is 0 Å². The zero-order valence-corrected chi connectivity index (χ0v) is 13.5. The van der Waals surface area contributed by atoms with Crippen LogP contribution in [0.3, 0.4) is 0 Å². The minimum atomic E-state index is 0.681. The Hall–Kier alpha value is -0.540. The van der Waals surface area contributed by atoms with Gasteiger partial charge in [0.25, 0.3) is 0 Å². The average Bonchev–Trinajstić information content (AvgIpc) is 2.20. The summed E-state index contributed by atoms with van der Waals surface area (Å²) in [4.78, 5) is 2.49. The highest BCUT2D eigenvalue weighted by molar-refractivity contribution is 9.10. The Morgan fingerprint density at radius 2 is 1.67 bits per heavy atom. The first kappa shape index (κ1) is 15.5. The molecule has 0 aliphatic heterocycles. The molecule has 0 spiro atoms. The number of benzene rings is 1. The Labute approximate surface area is 120 Å². The zero-order valence-electron chi connectivity index (χ0n) is 11.9. The molecule has 0 unspecified atom stereocenters. The Morgan fingerprint density at radius 1 is 1.11 bits per heavy atom. The van der Waals surface area contributed by atoms with Gasteiger partial charge in [-0.3, -0.25) is 4.90 Å². The summed E-state index contributed by atoms with van der Waals surface area (Å²) in [6, 6.07) is 6.17. The minimum Gasteiger partial charge on any atom is -0.398 e. The minimum absolute atomic E-state index is 0.681. The van der Waals surface area contributed by atoms with Gasteiger partial charge in [-0.2, -0.15) is 0 Å². The molecular weight excluding hydrogens is 288 g/mol. The summed E-state index contributed by atoms with van der Waals surface area (Å²) >= 11 is 3.45. The lowest BCUT2D eigenvalue weighted by Crippen LogP contribution is -2.31. The number of rotatable bonds is 6. The molecule has 3 heteroatoms. The summed E-state index contributed by atoms with van der Waals surface area (Å²) in [5, 5.41) is 0. The van der Waals surface area contributed by atoms with E-state index in [1.807, 2.05) is 6.07 Å². The van der Waals surface area contributed by atoms with Crippen molar-refractivity contribution in [1.82, 2.24) is 4.90 Å². The maximum Gasteiger partial charge on any atom is 0.0371 e. The van der Waals surface area contributed by atoms with Gasteiger partial charge in [0.15, 0.2) is 0 Å². The van der Waals surface area contributed by atoms with Gasteiger partial charge in [-0.05, 0) is 29.5 Å². The van der Waals surface area contributed by atoms with E-state index in [4.69, 9.17) is 5.73 Å². The molecule has 1 rings (SSSR count). The molecule has 0 aromatic heterocycles. The molecule has 0 bridgehead atoms. The molecule has 0 amide bonds. The molecule has 0 atom stereocenters. The van der Waals surface area contributed by atoms with Crippen LogP contribution >= 0.6 is 15.9 Å². The molecule has 102 valence electrons. The quantitative estimate of drug-likeness (QED) is 0.800. The molecule has 2 N–H and O–H groups in total. The predicted octanol–water partition coefficient (Wildman–Crippen LogP) is 4.15. The van der Waals surface area contributed by atoms with E-state index in [1.165, 1.54) is 5.56 Å². The van der Waals surface area contributed by atoms with Crippen LogP contribution in [0.15, 0.2) is 22.7 Å². The maximum absolute atomic E-state index is 6.07. The monoisotopic (exact) mass is 312 g/mol. The number of hydrogen-bond donors (Lipinski definition) is 1.